The molecule has 1 aliphatic rings. The maximum Gasteiger partial charge on any atom is 0.339 e. The first-order valence-corrected chi connectivity index (χ1v) is 8.25. The van der Waals surface area contributed by atoms with Gasteiger partial charge in [-0.25, -0.2) is 4.79 Å². The van der Waals surface area contributed by atoms with E-state index in [9.17, 15) is 9.59 Å². The van der Waals surface area contributed by atoms with Crippen LogP contribution in [0.3, 0.4) is 0 Å². The lowest BCUT2D eigenvalue weighted by molar-refractivity contribution is -0.125. The van der Waals surface area contributed by atoms with E-state index in [0.717, 1.165) is 22.0 Å². The lowest BCUT2D eigenvalue weighted by atomic mass is 9.95. The summed E-state index contributed by atoms with van der Waals surface area (Å²) in [5.41, 5.74) is 3.24. The summed E-state index contributed by atoms with van der Waals surface area (Å²) in [6.45, 7) is 2.06. The predicted molar refractivity (Wildman–Crippen MR) is 91.5 cm³/mol. The van der Waals surface area contributed by atoms with Gasteiger partial charge in [-0.2, -0.15) is 0 Å². The van der Waals surface area contributed by atoms with Crippen LogP contribution in [-0.4, -0.2) is 18.0 Å². The van der Waals surface area contributed by atoms with Crippen molar-refractivity contribution in [3.8, 4) is 0 Å². The molecule has 23 heavy (non-hydrogen) atoms. The quantitative estimate of drug-likeness (QED) is 0.833. The van der Waals surface area contributed by atoms with Gasteiger partial charge in [0.25, 0.3) is 5.91 Å². The van der Waals surface area contributed by atoms with Gasteiger partial charge in [0.1, 0.15) is 0 Å². The Labute approximate surface area is 143 Å². The summed E-state index contributed by atoms with van der Waals surface area (Å²) in [5.74, 6) is -0.752. The number of halogens is 1. The van der Waals surface area contributed by atoms with Crippen LogP contribution in [-0.2, 0) is 22.4 Å². The van der Waals surface area contributed by atoms with Gasteiger partial charge >= 0.3 is 5.97 Å². The molecule has 2 aromatic rings. The van der Waals surface area contributed by atoms with Gasteiger partial charge in [-0.3, -0.25) is 4.79 Å². The average molecular weight is 374 g/mol. The number of aryl methyl sites for hydroxylation is 1. The second-order valence-electron chi connectivity index (χ2n) is 5.44. The molecule has 0 aromatic heterocycles. The van der Waals surface area contributed by atoms with E-state index in [1.54, 1.807) is 18.2 Å². The number of carbonyl (C=O) groups is 2. The highest BCUT2D eigenvalue weighted by Crippen LogP contribution is 2.23. The Morgan fingerprint density at radius 3 is 2.70 bits per heavy atom. The Morgan fingerprint density at radius 2 is 2.00 bits per heavy atom. The van der Waals surface area contributed by atoms with E-state index in [2.05, 4.69) is 28.2 Å². The molecule has 0 fully saturated rings. The Kier molecular flexibility index (Phi) is 4.48. The van der Waals surface area contributed by atoms with Gasteiger partial charge in [0, 0.05) is 16.6 Å². The van der Waals surface area contributed by atoms with Gasteiger partial charge < -0.3 is 10.1 Å². The van der Waals surface area contributed by atoms with Crippen LogP contribution >= 0.6 is 15.9 Å². The zero-order valence-corrected chi connectivity index (χ0v) is 14.2. The normalized spacial score (nSPS) is 16.4. The number of rotatable bonds is 3. The lowest BCUT2D eigenvalue weighted by Crippen LogP contribution is -2.38. The fourth-order valence-electron chi connectivity index (χ4n) is 2.57. The van der Waals surface area contributed by atoms with Crippen LogP contribution in [0, 0.1) is 0 Å². The number of carbonyl (C=O) groups excluding carboxylic acids is 2. The SMILES string of the molecule is CCc1ccc2c(c1)CC(C(=O)Nc1ccc(Br)cc1)OC2=O. The van der Waals surface area contributed by atoms with Crippen molar-refractivity contribution >= 4 is 33.5 Å². The zero-order valence-electron chi connectivity index (χ0n) is 12.6. The molecular formula is C18H16BrNO3. The maximum atomic E-state index is 12.4. The van der Waals surface area contributed by atoms with Gasteiger partial charge in [-0.05, 0) is 47.9 Å². The molecule has 1 aliphatic heterocycles. The molecule has 1 atom stereocenters. The first-order valence-electron chi connectivity index (χ1n) is 7.46. The Balaban J connectivity index is 1.77. The number of nitrogens with one attached hydrogen (secondary N) is 1. The second-order valence-corrected chi connectivity index (χ2v) is 6.35. The van der Waals surface area contributed by atoms with Crippen LogP contribution in [0.1, 0.15) is 28.4 Å². The van der Waals surface area contributed by atoms with E-state index in [1.807, 2.05) is 24.3 Å². The number of benzene rings is 2. The molecule has 4 nitrogen and oxygen atoms in total. The van der Waals surface area contributed by atoms with Gasteiger partial charge in [0.2, 0.25) is 0 Å². The molecule has 1 N–H and O–H groups in total. The van der Waals surface area contributed by atoms with E-state index < -0.39 is 12.1 Å². The molecular weight excluding hydrogens is 358 g/mol. The van der Waals surface area contributed by atoms with Gasteiger partial charge in [-0.1, -0.05) is 35.0 Å². The van der Waals surface area contributed by atoms with Gasteiger partial charge in [0.15, 0.2) is 6.10 Å². The van der Waals surface area contributed by atoms with Crippen molar-refractivity contribution in [2.45, 2.75) is 25.9 Å². The summed E-state index contributed by atoms with van der Waals surface area (Å²) < 4.78 is 6.21. The van der Waals surface area contributed by atoms with Crippen LogP contribution in [0.15, 0.2) is 46.9 Å². The summed E-state index contributed by atoms with van der Waals surface area (Å²) in [5, 5.41) is 2.78. The van der Waals surface area contributed by atoms with Crippen LogP contribution in [0.5, 0.6) is 0 Å². The number of hydrogen-bond donors (Lipinski definition) is 1. The molecule has 1 unspecified atom stereocenters. The monoisotopic (exact) mass is 373 g/mol. The van der Waals surface area contributed by atoms with Crippen molar-refractivity contribution in [2.24, 2.45) is 0 Å². The summed E-state index contributed by atoms with van der Waals surface area (Å²) in [6, 6.07) is 12.9. The maximum absolute atomic E-state index is 12.4. The van der Waals surface area contributed by atoms with Crippen molar-refractivity contribution < 1.29 is 14.3 Å². The average Bonchev–Trinajstić information content (AvgIpc) is 2.56. The van der Waals surface area contributed by atoms with Crippen molar-refractivity contribution in [1.82, 2.24) is 0 Å². The number of ether oxygens (including phenoxy) is 1. The first kappa shape index (κ1) is 15.7. The fraction of sp³-hybridized carbons (Fsp3) is 0.222. The molecule has 3 rings (SSSR count). The minimum absolute atomic E-state index is 0.312. The van der Waals surface area contributed by atoms with Gasteiger partial charge in [-0.15, -0.1) is 0 Å². The molecule has 1 amide bonds. The molecule has 0 aliphatic carbocycles. The van der Waals surface area contributed by atoms with E-state index in [-0.39, 0.29) is 5.91 Å². The third-order valence-electron chi connectivity index (χ3n) is 3.86. The third kappa shape index (κ3) is 3.45. The number of anilines is 1. The van der Waals surface area contributed by atoms with Crippen molar-refractivity contribution in [2.75, 3.05) is 5.32 Å². The van der Waals surface area contributed by atoms with E-state index in [4.69, 9.17) is 4.74 Å². The number of cyclic esters (lactones) is 1. The smallest absolute Gasteiger partial charge is 0.339 e. The minimum Gasteiger partial charge on any atom is -0.448 e. The van der Waals surface area contributed by atoms with Crippen LogP contribution in [0.2, 0.25) is 0 Å². The highest BCUT2D eigenvalue weighted by molar-refractivity contribution is 9.10. The highest BCUT2D eigenvalue weighted by atomic mass is 79.9. The third-order valence-corrected chi connectivity index (χ3v) is 4.39. The number of amides is 1. The number of esters is 1. The molecule has 0 saturated heterocycles. The van der Waals surface area contributed by atoms with Crippen molar-refractivity contribution in [1.29, 1.82) is 0 Å². The van der Waals surface area contributed by atoms with Crippen LogP contribution < -0.4 is 5.32 Å². The number of fused-ring (bicyclic) bond motifs is 1. The minimum atomic E-state index is -0.800. The molecule has 2 aromatic carbocycles. The molecule has 0 radical (unpaired) electrons. The summed E-state index contributed by atoms with van der Waals surface area (Å²) >= 11 is 3.35. The first-order chi connectivity index (χ1) is 11.1. The van der Waals surface area contributed by atoms with Crippen molar-refractivity contribution in [3.05, 3.63) is 63.6 Å². The standard InChI is InChI=1S/C18H16BrNO3/c1-2-11-3-8-15-12(9-11)10-16(23-18(15)22)17(21)20-14-6-4-13(19)5-7-14/h3-9,16H,2,10H2,1H3,(H,20,21). The largest absolute Gasteiger partial charge is 0.448 e. The lowest BCUT2D eigenvalue weighted by Gasteiger charge is -2.24. The predicted octanol–water partition coefficient (Wildman–Crippen LogP) is 3.73. The summed E-state index contributed by atoms with van der Waals surface area (Å²) in [6.07, 6.45) is 0.487. The highest BCUT2D eigenvalue weighted by Gasteiger charge is 2.31. The van der Waals surface area contributed by atoms with E-state index in [0.29, 0.717) is 17.7 Å². The topological polar surface area (TPSA) is 55.4 Å². The Bertz CT molecular complexity index is 755. The molecule has 0 spiro atoms. The fourth-order valence-corrected chi connectivity index (χ4v) is 2.84. The number of hydrogen-bond acceptors (Lipinski definition) is 3. The van der Waals surface area contributed by atoms with E-state index in [1.165, 1.54) is 0 Å². The Hall–Kier alpha value is -2.14. The van der Waals surface area contributed by atoms with Crippen LogP contribution in [0.25, 0.3) is 0 Å². The van der Waals surface area contributed by atoms with E-state index >= 15 is 0 Å². The summed E-state index contributed by atoms with van der Waals surface area (Å²) in [7, 11) is 0. The molecule has 0 saturated carbocycles. The molecule has 1 heterocycles. The Morgan fingerprint density at radius 1 is 1.26 bits per heavy atom. The molecule has 0 bridgehead atoms. The second kappa shape index (κ2) is 6.54. The zero-order chi connectivity index (χ0) is 16.4. The van der Waals surface area contributed by atoms with Gasteiger partial charge in [0.05, 0.1) is 5.56 Å². The van der Waals surface area contributed by atoms with Crippen LogP contribution in [0.4, 0.5) is 5.69 Å². The summed E-state index contributed by atoms with van der Waals surface area (Å²) in [4.78, 5) is 24.5. The molecule has 118 valence electrons. The molecule has 5 heteroatoms. The van der Waals surface area contributed by atoms with Crippen molar-refractivity contribution in [3.63, 3.8) is 0 Å².